The highest BCUT2D eigenvalue weighted by atomic mass is 35.5. The highest BCUT2D eigenvalue weighted by Crippen LogP contribution is 2.23. The van der Waals surface area contributed by atoms with Crippen LogP contribution in [0.1, 0.15) is 34.2 Å². The fourth-order valence-electron chi connectivity index (χ4n) is 2.35. The summed E-state index contributed by atoms with van der Waals surface area (Å²) in [4.78, 5) is 13.1. The maximum Gasteiger partial charge on any atom is 0.189 e. The summed E-state index contributed by atoms with van der Waals surface area (Å²) in [7, 11) is 0. The molecule has 2 aromatic heterocycles. The SMILES string of the molecule is O=C(Cc1ccc(Cl)s1)c1cn(C2CCNCC2)nn1. The lowest BCUT2D eigenvalue weighted by Gasteiger charge is -2.22. The van der Waals surface area contributed by atoms with Crippen LogP contribution in [0.2, 0.25) is 4.34 Å². The van der Waals surface area contributed by atoms with Crippen LogP contribution in [0, 0.1) is 0 Å². The van der Waals surface area contributed by atoms with Crippen molar-refractivity contribution in [1.29, 1.82) is 0 Å². The van der Waals surface area contributed by atoms with E-state index in [0.717, 1.165) is 30.8 Å². The van der Waals surface area contributed by atoms with E-state index >= 15 is 0 Å². The molecule has 3 heterocycles. The molecule has 0 saturated carbocycles. The molecule has 0 aliphatic carbocycles. The van der Waals surface area contributed by atoms with Gasteiger partial charge in [0.1, 0.15) is 5.69 Å². The first-order chi connectivity index (χ1) is 9.72. The predicted octanol–water partition coefficient (Wildman–Crippen LogP) is 2.34. The first-order valence-corrected chi connectivity index (χ1v) is 7.82. The molecule has 0 aromatic carbocycles. The van der Waals surface area contributed by atoms with E-state index in [1.165, 1.54) is 11.3 Å². The summed E-state index contributed by atoms with van der Waals surface area (Å²) in [6.07, 6.45) is 4.16. The fourth-order valence-corrected chi connectivity index (χ4v) is 3.44. The first-order valence-electron chi connectivity index (χ1n) is 6.62. The van der Waals surface area contributed by atoms with E-state index in [1.54, 1.807) is 12.3 Å². The lowest BCUT2D eigenvalue weighted by atomic mass is 10.1. The van der Waals surface area contributed by atoms with Crippen LogP contribution in [0.15, 0.2) is 18.3 Å². The molecule has 106 valence electrons. The van der Waals surface area contributed by atoms with Crippen molar-refractivity contribution >= 4 is 28.7 Å². The first kappa shape index (κ1) is 13.7. The Hall–Kier alpha value is -1.24. The number of rotatable bonds is 4. The number of piperidine rings is 1. The third-order valence-corrected chi connectivity index (χ3v) is 4.67. The number of thiophene rings is 1. The summed E-state index contributed by atoms with van der Waals surface area (Å²) in [6, 6.07) is 4.03. The molecule has 1 N–H and O–H groups in total. The Balaban J connectivity index is 1.67. The number of carbonyl (C=O) groups excluding carboxylic acids is 1. The van der Waals surface area contributed by atoms with E-state index < -0.39 is 0 Å². The Kier molecular flexibility index (Phi) is 4.14. The van der Waals surface area contributed by atoms with Crippen molar-refractivity contribution in [2.45, 2.75) is 25.3 Å². The number of nitrogens with zero attached hydrogens (tertiary/aromatic N) is 3. The lowest BCUT2D eigenvalue weighted by molar-refractivity contribution is 0.0989. The summed E-state index contributed by atoms with van der Waals surface area (Å²) in [6.45, 7) is 1.98. The van der Waals surface area contributed by atoms with Gasteiger partial charge in [0.15, 0.2) is 5.78 Å². The molecule has 1 aliphatic rings. The van der Waals surface area contributed by atoms with Gasteiger partial charge in [-0.3, -0.25) is 4.79 Å². The molecule has 0 unspecified atom stereocenters. The number of hydrogen-bond acceptors (Lipinski definition) is 5. The van der Waals surface area contributed by atoms with Crippen molar-refractivity contribution in [2.75, 3.05) is 13.1 Å². The highest BCUT2D eigenvalue weighted by Gasteiger charge is 2.19. The van der Waals surface area contributed by atoms with Crippen LogP contribution in [0.25, 0.3) is 0 Å². The second-order valence-electron chi connectivity index (χ2n) is 4.87. The third kappa shape index (κ3) is 3.08. The molecular weight excluding hydrogens is 296 g/mol. The van der Waals surface area contributed by atoms with Gasteiger partial charge in [-0.2, -0.15) is 0 Å². The summed E-state index contributed by atoms with van der Waals surface area (Å²) in [5.74, 6) is -0.0105. The zero-order chi connectivity index (χ0) is 13.9. The van der Waals surface area contributed by atoms with Gasteiger partial charge >= 0.3 is 0 Å². The number of aromatic nitrogens is 3. The van der Waals surface area contributed by atoms with E-state index in [9.17, 15) is 4.79 Å². The van der Waals surface area contributed by atoms with Crippen LogP contribution < -0.4 is 5.32 Å². The maximum atomic E-state index is 12.2. The van der Waals surface area contributed by atoms with E-state index in [-0.39, 0.29) is 5.78 Å². The Bertz CT molecular complexity index is 603. The van der Waals surface area contributed by atoms with Crippen LogP contribution in [0.5, 0.6) is 0 Å². The molecule has 7 heteroatoms. The number of carbonyl (C=O) groups is 1. The van der Waals surface area contributed by atoms with Gasteiger partial charge in [-0.1, -0.05) is 16.8 Å². The van der Waals surface area contributed by atoms with Crippen molar-refractivity contribution in [3.8, 4) is 0 Å². The van der Waals surface area contributed by atoms with Gasteiger partial charge in [-0.15, -0.1) is 16.4 Å². The van der Waals surface area contributed by atoms with Gasteiger partial charge in [0.25, 0.3) is 0 Å². The minimum absolute atomic E-state index is 0.0105. The number of Topliss-reactive ketones (excluding diaryl/α,β-unsaturated/α-hetero) is 1. The minimum atomic E-state index is -0.0105. The normalized spacial score (nSPS) is 16.4. The summed E-state index contributed by atoms with van der Waals surface area (Å²) in [5.41, 5.74) is 0.438. The standard InChI is InChI=1S/C13H15ClN4OS/c14-13-2-1-10(20-13)7-12(19)11-8-18(17-16-11)9-3-5-15-6-4-9/h1-2,8-9,15H,3-7H2. The zero-order valence-electron chi connectivity index (χ0n) is 10.9. The quantitative estimate of drug-likeness (QED) is 0.881. The van der Waals surface area contributed by atoms with E-state index in [4.69, 9.17) is 11.6 Å². The second kappa shape index (κ2) is 6.03. The Morgan fingerprint density at radius 2 is 2.25 bits per heavy atom. The zero-order valence-corrected chi connectivity index (χ0v) is 12.5. The molecule has 0 bridgehead atoms. The number of halogens is 1. The molecule has 1 fully saturated rings. The monoisotopic (exact) mass is 310 g/mol. The molecule has 0 amide bonds. The highest BCUT2D eigenvalue weighted by molar-refractivity contribution is 7.16. The number of hydrogen-bond donors (Lipinski definition) is 1. The van der Waals surface area contributed by atoms with Gasteiger partial charge in [-0.05, 0) is 38.1 Å². The van der Waals surface area contributed by atoms with Gasteiger partial charge in [0, 0.05) is 11.3 Å². The van der Waals surface area contributed by atoms with Gasteiger partial charge < -0.3 is 5.32 Å². The minimum Gasteiger partial charge on any atom is -0.317 e. The van der Waals surface area contributed by atoms with Crippen molar-refractivity contribution in [3.05, 3.63) is 33.2 Å². The van der Waals surface area contributed by atoms with Crippen LogP contribution in [-0.2, 0) is 6.42 Å². The third-order valence-electron chi connectivity index (χ3n) is 3.44. The van der Waals surface area contributed by atoms with Gasteiger partial charge in [0.2, 0.25) is 0 Å². The second-order valence-corrected chi connectivity index (χ2v) is 6.67. The molecule has 1 aliphatic heterocycles. The molecular formula is C13H15ClN4OS. The number of nitrogens with one attached hydrogen (secondary N) is 1. The van der Waals surface area contributed by atoms with Gasteiger partial charge in [0.05, 0.1) is 16.6 Å². The fraction of sp³-hybridized carbons (Fsp3) is 0.462. The molecule has 0 radical (unpaired) electrons. The Morgan fingerprint density at radius 1 is 1.45 bits per heavy atom. The van der Waals surface area contributed by atoms with Gasteiger partial charge in [-0.25, -0.2) is 4.68 Å². The van der Waals surface area contributed by atoms with Crippen LogP contribution in [0.4, 0.5) is 0 Å². The van der Waals surface area contributed by atoms with E-state index in [1.807, 2.05) is 10.7 Å². The topological polar surface area (TPSA) is 59.8 Å². The van der Waals surface area contributed by atoms with Crippen molar-refractivity contribution in [2.24, 2.45) is 0 Å². The largest absolute Gasteiger partial charge is 0.317 e. The predicted molar refractivity (Wildman–Crippen MR) is 78.5 cm³/mol. The summed E-state index contributed by atoms with van der Waals surface area (Å²) in [5, 5.41) is 11.4. The molecule has 2 aromatic rings. The maximum absolute atomic E-state index is 12.2. The van der Waals surface area contributed by atoms with Crippen LogP contribution in [0.3, 0.4) is 0 Å². The van der Waals surface area contributed by atoms with Crippen molar-refractivity contribution < 1.29 is 4.79 Å². The summed E-state index contributed by atoms with van der Waals surface area (Å²) >= 11 is 7.29. The Labute approximate surface area is 125 Å². The van der Waals surface area contributed by atoms with Crippen molar-refractivity contribution in [1.82, 2.24) is 20.3 Å². The molecule has 3 rings (SSSR count). The molecule has 0 atom stereocenters. The molecule has 5 nitrogen and oxygen atoms in total. The van der Waals surface area contributed by atoms with Crippen molar-refractivity contribution in [3.63, 3.8) is 0 Å². The number of ketones is 1. The average molecular weight is 311 g/mol. The summed E-state index contributed by atoms with van der Waals surface area (Å²) < 4.78 is 2.53. The lowest BCUT2D eigenvalue weighted by Crippen LogP contribution is -2.29. The molecule has 0 spiro atoms. The Morgan fingerprint density at radius 3 is 2.95 bits per heavy atom. The smallest absolute Gasteiger partial charge is 0.189 e. The van der Waals surface area contributed by atoms with E-state index in [0.29, 0.717) is 22.5 Å². The molecule has 1 saturated heterocycles. The van der Waals surface area contributed by atoms with E-state index in [2.05, 4.69) is 15.6 Å². The average Bonchev–Trinajstić information content (AvgIpc) is 3.09. The van der Waals surface area contributed by atoms with Crippen LogP contribution in [-0.4, -0.2) is 33.9 Å². The van der Waals surface area contributed by atoms with Crippen LogP contribution >= 0.6 is 22.9 Å². The molecule has 20 heavy (non-hydrogen) atoms.